The van der Waals surface area contributed by atoms with Crippen molar-refractivity contribution in [3.8, 4) is 0 Å². The second-order valence-electron chi connectivity index (χ2n) is 3.74. The lowest BCUT2D eigenvalue weighted by atomic mass is 10.2. The number of anilines is 1. The highest BCUT2D eigenvalue weighted by Crippen LogP contribution is 2.24. The van der Waals surface area contributed by atoms with E-state index in [-0.39, 0.29) is 16.8 Å². The highest BCUT2D eigenvalue weighted by atomic mass is 79.9. The summed E-state index contributed by atoms with van der Waals surface area (Å²) in [5.74, 6) is -0.363. The highest BCUT2D eigenvalue weighted by Gasteiger charge is 2.13. The summed E-state index contributed by atoms with van der Waals surface area (Å²) in [6.45, 7) is 0. The third kappa shape index (κ3) is 3.12. The number of nitrogens with two attached hydrogens (primary N) is 1. The number of furan rings is 1. The van der Waals surface area contributed by atoms with Gasteiger partial charge < -0.3 is 20.7 Å². The van der Waals surface area contributed by atoms with Crippen molar-refractivity contribution < 1.29 is 14.4 Å². The molecule has 0 saturated carbocycles. The average Bonchev–Trinajstić information content (AvgIpc) is 2.86. The number of benzene rings is 1. The van der Waals surface area contributed by atoms with Gasteiger partial charge in [-0.3, -0.25) is 4.79 Å². The average molecular weight is 359 g/mol. The number of oxime groups is 1. The molecule has 1 aromatic carbocycles. The highest BCUT2D eigenvalue weighted by molar-refractivity contribution is 9.10. The van der Waals surface area contributed by atoms with Crippen molar-refractivity contribution in [3.05, 3.63) is 51.3 Å². The van der Waals surface area contributed by atoms with Crippen LogP contribution in [0.1, 0.15) is 16.1 Å². The summed E-state index contributed by atoms with van der Waals surface area (Å²) in [4.78, 5) is 11.9. The molecule has 1 heterocycles. The first-order valence-electron chi connectivity index (χ1n) is 5.35. The van der Waals surface area contributed by atoms with Crippen LogP contribution < -0.4 is 11.1 Å². The van der Waals surface area contributed by atoms with Crippen molar-refractivity contribution in [1.29, 1.82) is 0 Å². The van der Waals surface area contributed by atoms with Gasteiger partial charge in [0.05, 0.1) is 5.69 Å². The fourth-order valence-electron chi connectivity index (χ4n) is 1.45. The van der Waals surface area contributed by atoms with Crippen LogP contribution in [0.15, 0.2) is 44.4 Å². The first-order chi connectivity index (χ1) is 9.51. The molecule has 0 saturated heterocycles. The van der Waals surface area contributed by atoms with Crippen LogP contribution >= 0.6 is 27.5 Å². The lowest BCUT2D eigenvalue weighted by molar-refractivity contribution is 0.0996. The molecule has 0 radical (unpaired) electrons. The Balaban J connectivity index is 2.20. The van der Waals surface area contributed by atoms with E-state index in [0.29, 0.717) is 15.7 Å². The van der Waals surface area contributed by atoms with Gasteiger partial charge >= 0.3 is 0 Å². The summed E-state index contributed by atoms with van der Waals surface area (Å²) in [6.07, 6.45) is 0. The van der Waals surface area contributed by atoms with Gasteiger partial charge in [0.2, 0.25) is 0 Å². The smallest absolute Gasteiger partial charge is 0.291 e. The number of amidine groups is 1. The molecule has 20 heavy (non-hydrogen) atoms. The Bertz CT molecular complexity index is 684. The molecule has 0 atom stereocenters. The number of hydrogen-bond donors (Lipinski definition) is 3. The lowest BCUT2D eigenvalue weighted by Crippen LogP contribution is -2.14. The largest absolute Gasteiger partial charge is 0.440 e. The Morgan fingerprint density at radius 3 is 2.70 bits per heavy atom. The molecule has 0 aliphatic carbocycles. The second kappa shape index (κ2) is 5.98. The molecule has 1 aromatic heterocycles. The number of halogens is 2. The van der Waals surface area contributed by atoms with Crippen molar-refractivity contribution in [1.82, 2.24) is 0 Å². The Morgan fingerprint density at radius 1 is 1.40 bits per heavy atom. The molecule has 2 rings (SSSR count). The van der Waals surface area contributed by atoms with Gasteiger partial charge in [0.25, 0.3) is 5.91 Å². The van der Waals surface area contributed by atoms with E-state index in [1.165, 1.54) is 12.1 Å². The van der Waals surface area contributed by atoms with Gasteiger partial charge in [-0.25, -0.2) is 0 Å². The minimum absolute atomic E-state index is 0.0265. The summed E-state index contributed by atoms with van der Waals surface area (Å²) in [7, 11) is 0. The van der Waals surface area contributed by atoms with Crippen LogP contribution in [0.3, 0.4) is 0 Å². The fraction of sp³-hybridized carbons (Fsp3) is 0. The summed E-state index contributed by atoms with van der Waals surface area (Å²) in [6, 6.07) is 7.77. The van der Waals surface area contributed by atoms with Gasteiger partial charge in [-0.2, -0.15) is 0 Å². The van der Waals surface area contributed by atoms with Crippen LogP contribution in [0.2, 0.25) is 5.22 Å². The minimum Gasteiger partial charge on any atom is -0.440 e. The van der Waals surface area contributed by atoms with Gasteiger partial charge in [0.15, 0.2) is 16.8 Å². The molecule has 2 aromatic rings. The fourth-order valence-corrected chi connectivity index (χ4v) is 2.08. The Kier molecular flexibility index (Phi) is 4.31. The molecule has 6 nitrogen and oxygen atoms in total. The Hall–Kier alpha value is -1.99. The maximum Gasteiger partial charge on any atom is 0.291 e. The third-order valence-electron chi connectivity index (χ3n) is 2.42. The summed E-state index contributed by atoms with van der Waals surface area (Å²) >= 11 is 8.89. The predicted octanol–water partition coefficient (Wildman–Crippen LogP) is 3.04. The van der Waals surface area contributed by atoms with Crippen LogP contribution in [0, 0.1) is 0 Å². The van der Waals surface area contributed by atoms with Gasteiger partial charge in [-0.1, -0.05) is 5.16 Å². The molecular formula is C12H9BrClN3O3. The minimum atomic E-state index is -0.436. The zero-order chi connectivity index (χ0) is 14.7. The van der Waals surface area contributed by atoms with E-state index in [0.717, 1.165) is 0 Å². The molecule has 8 heteroatoms. The number of amides is 1. The van der Waals surface area contributed by atoms with Crippen molar-refractivity contribution in [2.24, 2.45) is 10.9 Å². The lowest BCUT2D eigenvalue weighted by Gasteiger charge is -2.07. The van der Waals surface area contributed by atoms with Crippen molar-refractivity contribution in [3.63, 3.8) is 0 Å². The van der Waals surface area contributed by atoms with E-state index >= 15 is 0 Å². The van der Waals surface area contributed by atoms with Gasteiger partial charge in [-0.05, 0) is 57.9 Å². The summed E-state index contributed by atoms with van der Waals surface area (Å²) in [5.41, 5.74) is 6.49. The van der Waals surface area contributed by atoms with E-state index in [1.54, 1.807) is 18.2 Å². The van der Waals surface area contributed by atoms with Crippen LogP contribution in [-0.2, 0) is 0 Å². The monoisotopic (exact) mass is 357 g/mol. The van der Waals surface area contributed by atoms with Crippen LogP contribution in [-0.4, -0.2) is 17.0 Å². The number of nitrogens with zero attached hydrogens (tertiary/aromatic N) is 1. The number of carbonyl (C=O) groups excluding carboxylic acids is 1. The molecule has 0 fully saturated rings. The van der Waals surface area contributed by atoms with Gasteiger partial charge in [0, 0.05) is 10.0 Å². The standard InChI is InChI=1S/C12H9BrClN3O3/c13-7-5-6(11(15)17-19)1-2-8(7)16-12(18)9-3-4-10(14)20-9/h1-5,19H,(H2,15,17)(H,16,18). The molecule has 0 aliphatic rings. The zero-order valence-electron chi connectivity index (χ0n) is 9.93. The van der Waals surface area contributed by atoms with E-state index in [1.807, 2.05) is 0 Å². The second-order valence-corrected chi connectivity index (χ2v) is 4.96. The Morgan fingerprint density at radius 2 is 2.15 bits per heavy atom. The number of nitrogens with one attached hydrogen (secondary N) is 1. The van der Waals surface area contributed by atoms with Crippen molar-refractivity contribution in [2.45, 2.75) is 0 Å². The maximum absolute atomic E-state index is 11.9. The van der Waals surface area contributed by atoms with E-state index in [9.17, 15) is 4.79 Å². The molecule has 1 amide bonds. The van der Waals surface area contributed by atoms with Crippen molar-refractivity contribution in [2.75, 3.05) is 5.32 Å². The first kappa shape index (κ1) is 14.4. The van der Waals surface area contributed by atoms with Gasteiger partial charge in [-0.15, -0.1) is 0 Å². The normalized spacial score (nSPS) is 11.4. The number of hydrogen-bond acceptors (Lipinski definition) is 4. The van der Waals surface area contributed by atoms with E-state index in [4.69, 9.17) is 27.0 Å². The van der Waals surface area contributed by atoms with Crippen LogP contribution in [0.4, 0.5) is 5.69 Å². The van der Waals surface area contributed by atoms with Gasteiger partial charge in [0.1, 0.15) is 0 Å². The third-order valence-corrected chi connectivity index (χ3v) is 3.28. The number of rotatable bonds is 3. The number of carbonyl (C=O) groups is 1. The maximum atomic E-state index is 11.9. The van der Waals surface area contributed by atoms with Crippen molar-refractivity contribution >= 4 is 45.0 Å². The Labute approximate surface area is 127 Å². The molecule has 4 N–H and O–H groups in total. The molecule has 0 unspecified atom stereocenters. The van der Waals surface area contributed by atoms with E-state index < -0.39 is 5.91 Å². The topological polar surface area (TPSA) is 101 Å². The molecule has 0 bridgehead atoms. The SMILES string of the molecule is N/C(=N/O)c1ccc(NC(=O)c2ccc(Cl)o2)c(Br)c1. The summed E-state index contributed by atoms with van der Waals surface area (Å²) in [5, 5.41) is 14.3. The van der Waals surface area contributed by atoms with Crippen LogP contribution in [0.25, 0.3) is 0 Å². The first-order valence-corrected chi connectivity index (χ1v) is 6.52. The molecular weight excluding hydrogens is 350 g/mol. The van der Waals surface area contributed by atoms with E-state index in [2.05, 4.69) is 26.4 Å². The molecule has 104 valence electrons. The zero-order valence-corrected chi connectivity index (χ0v) is 12.3. The van der Waals surface area contributed by atoms with Crippen LogP contribution in [0.5, 0.6) is 0 Å². The molecule has 0 spiro atoms. The molecule has 0 aliphatic heterocycles. The summed E-state index contributed by atoms with van der Waals surface area (Å²) < 4.78 is 5.58. The predicted molar refractivity (Wildman–Crippen MR) is 78.3 cm³/mol. The quantitative estimate of drug-likeness (QED) is 0.340.